The van der Waals surface area contributed by atoms with Gasteiger partial charge in [0.2, 0.25) is 0 Å². The zero-order chi connectivity index (χ0) is 8.06. The van der Waals surface area contributed by atoms with Crippen molar-refractivity contribution < 1.29 is 0 Å². The molecule has 0 bridgehead atoms. The van der Waals surface area contributed by atoms with Crippen molar-refractivity contribution in [2.24, 2.45) is 11.1 Å². The van der Waals surface area contributed by atoms with Crippen LogP contribution in [0.4, 0.5) is 0 Å². The molecule has 0 saturated heterocycles. The fourth-order valence-corrected chi connectivity index (χ4v) is 1.81. The highest BCUT2D eigenvalue weighted by molar-refractivity contribution is 5.28. The van der Waals surface area contributed by atoms with Crippen LogP contribution in [0.5, 0.6) is 0 Å². The van der Waals surface area contributed by atoms with Gasteiger partial charge < -0.3 is 10.7 Å². The Balaban J connectivity index is 2.23. The quantitative estimate of drug-likeness (QED) is 0.625. The Labute approximate surface area is 66.8 Å². The molecule has 11 heavy (non-hydrogen) atoms. The number of hydrogen-bond acceptors (Lipinski definition) is 1. The molecule has 2 atom stereocenters. The maximum absolute atomic E-state index is 5.92. The topological polar surface area (TPSA) is 41.8 Å². The lowest BCUT2D eigenvalue weighted by atomic mass is 10.1. The van der Waals surface area contributed by atoms with Crippen molar-refractivity contribution in [3.05, 3.63) is 24.0 Å². The fraction of sp³-hybridized carbons (Fsp3) is 0.556. The first-order chi connectivity index (χ1) is 5.14. The minimum Gasteiger partial charge on any atom is -0.365 e. The van der Waals surface area contributed by atoms with E-state index >= 15 is 0 Å². The third kappa shape index (κ3) is 0.824. The van der Waals surface area contributed by atoms with Crippen LogP contribution in [0.2, 0.25) is 0 Å². The summed E-state index contributed by atoms with van der Waals surface area (Å²) in [5.41, 5.74) is 7.49. The highest BCUT2D eigenvalue weighted by Gasteiger charge is 2.56. The maximum atomic E-state index is 5.92. The summed E-state index contributed by atoms with van der Waals surface area (Å²) < 4.78 is 0. The Hall–Kier alpha value is -0.760. The molecule has 1 saturated carbocycles. The minimum absolute atomic E-state index is 0.296. The molecule has 2 rings (SSSR count). The summed E-state index contributed by atoms with van der Waals surface area (Å²) in [7, 11) is 0. The molecular weight excluding hydrogens is 136 g/mol. The van der Waals surface area contributed by atoms with Crippen molar-refractivity contribution in [1.29, 1.82) is 0 Å². The van der Waals surface area contributed by atoms with E-state index in [0.717, 1.165) is 0 Å². The van der Waals surface area contributed by atoms with Crippen molar-refractivity contribution in [3.8, 4) is 0 Å². The normalized spacial score (nSPS) is 33.7. The van der Waals surface area contributed by atoms with Crippen LogP contribution < -0.4 is 5.73 Å². The van der Waals surface area contributed by atoms with E-state index in [9.17, 15) is 0 Å². The molecular formula is C9H14N2. The molecule has 0 amide bonds. The Kier molecular flexibility index (Phi) is 1.19. The summed E-state index contributed by atoms with van der Waals surface area (Å²) in [6.45, 7) is 4.42. The highest BCUT2D eigenvalue weighted by atomic mass is 14.9. The summed E-state index contributed by atoms with van der Waals surface area (Å²) in [4.78, 5) is 3.21. The van der Waals surface area contributed by atoms with Gasteiger partial charge in [-0.05, 0) is 17.5 Å². The molecule has 1 fully saturated rings. The van der Waals surface area contributed by atoms with Gasteiger partial charge in [-0.2, -0.15) is 0 Å². The average Bonchev–Trinajstić information content (AvgIpc) is 2.40. The first-order valence-corrected chi connectivity index (χ1v) is 4.03. The molecule has 1 aromatic rings. The zero-order valence-electron chi connectivity index (χ0n) is 6.96. The van der Waals surface area contributed by atoms with Crippen molar-refractivity contribution in [2.75, 3.05) is 0 Å². The number of nitrogens with one attached hydrogen (secondary N) is 1. The third-order valence-electron chi connectivity index (χ3n) is 2.87. The standard InChI is InChI=1S/C9H14N2/c1-9(2)7(8(9)10)6-4-3-5-11-6/h3-5,7-8,11H,10H2,1-2H3. The van der Waals surface area contributed by atoms with E-state index < -0.39 is 0 Å². The molecule has 2 heteroatoms. The number of rotatable bonds is 1. The second kappa shape index (κ2) is 1.89. The smallest absolute Gasteiger partial charge is 0.0213 e. The van der Waals surface area contributed by atoms with E-state index in [1.807, 2.05) is 12.3 Å². The first-order valence-electron chi connectivity index (χ1n) is 4.03. The molecule has 1 heterocycles. The number of H-pyrrole nitrogens is 1. The van der Waals surface area contributed by atoms with Crippen molar-refractivity contribution in [1.82, 2.24) is 4.98 Å². The maximum Gasteiger partial charge on any atom is 0.0213 e. The lowest BCUT2D eigenvalue weighted by molar-refractivity contribution is 0.596. The lowest BCUT2D eigenvalue weighted by Crippen LogP contribution is -2.06. The Morgan fingerprint density at radius 3 is 2.55 bits per heavy atom. The molecule has 0 aromatic carbocycles. The minimum atomic E-state index is 0.296. The fourth-order valence-electron chi connectivity index (χ4n) is 1.81. The van der Waals surface area contributed by atoms with Gasteiger partial charge in [-0.25, -0.2) is 0 Å². The van der Waals surface area contributed by atoms with Gasteiger partial charge in [-0.1, -0.05) is 13.8 Å². The van der Waals surface area contributed by atoms with Gasteiger partial charge in [-0.15, -0.1) is 0 Å². The second-order valence-corrected chi connectivity index (χ2v) is 3.95. The Morgan fingerprint density at radius 2 is 2.18 bits per heavy atom. The number of hydrogen-bond donors (Lipinski definition) is 2. The summed E-state index contributed by atoms with van der Waals surface area (Å²) in [6, 6.07) is 4.47. The molecule has 2 unspecified atom stereocenters. The van der Waals surface area contributed by atoms with Crippen molar-refractivity contribution >= 4 is 0 Å². The predicted molar refractivity (Wildman–Crippen MR) is 45.3 cm³/mol. The second-order valence-electron chi connectivity index (χ2n) is 3.95. The van der Waals surface area contributed by atoms with Crippen LogP contribution in [0.1, 0.15) is 25.5 Å². The molecule has 0 spiro atoms. The van der Waals surface area contributed by atoms with Crippen LogP contribution in [0.15, 0.2) is 18.3 Å². The molecule has 3 N–H and O–H groups in total. The number of aromatic amines is 1. The summed E-state index contributed by atoms with van der Waals surface area (Å²) in [5.74, 6) is 0.539. The molecule has 1 aliphatic carbocycles. The largest absolute Gasteiger partial charge is 0.365 e. The van der Waals surface area contributed by atoms with E-state index in [-0.39, 0.29) is 0 Å². The molecule has 2 nitrogen and oxygen atoms in total. The van der Waals surface area contributed by atoms with Crippen molar-refractivity contribution in [3.63, 3.8) is 0 Å². The van der Waals surface area contributed by atoms with Crippen LogP contribution in [0.25, 0.3) is 0 Å². The van der Waals surface area contributed by atoms with Crippen LogP contribution in [0.3, 0.4) is 0 Å². The average molecular weight is 150 g/mol. The Morgan fingerprint density at radius 1 is 1.55 bits per heavy atom. The molecule has 1 aliphatic rings. The van der Waals surface area contributed by atoms with Gasteiger partial charge >= 0.3 is 0 Å². The van der Waals surface area contributed by atoms with Gasteiger partial charge in [-0.3, -0.25) is 0 Å². The van der Waals surface area contributed by atoms with E-state index in [0.29, 0.717) is 17.4 Å². The molecule has 60 valence electrons. The number of aromatic nitrogens is 1. The van der Waals surface area contributed by atoms with Gasteiger partial charge in [0.05, 0.1) is 0 Å². The monoisotopic (exact) mass is 150 g/mol. The van der Waals surface area contributed by atoms with E-state index in [4.69, 9.17) is 5.73 Å². The summed E-state index contributed by atoms with van der Waals surface area (Å²) in [5, 5.41) is 0. The summed E-state index contributed by atoms with van der Waals surface area (Å²) >= 11 is 0. The van der Waals surface area contributed by atoms with Crippen LogP contribution in [-0.2, 0) is 0 Å². The van der Waals surface area contributed by atoms with Crippen molar-refractivity contribution in [2.45, 2.75) is 25.8 Å². The van der Waals surface area contributed by atoms with E-state index in [1.54, 1.807) is 0 Å². The molecule has 1 aromatic heterocycles. The molecule has 0 radical (unpaired) electrons. The lowest BCUT2D eigenvalue weighted by Gasteiger charge is -1.98. The van der Waals surface area contributed by atoms with Crippen LogP contribution in [-0.4, -0.2) is 11.0 Å². The SMILES string of the molecule is CC1(C)C(N)C1c1ccc[nH]1. The summed E-state index contributed by atoms with van der Waals surface area (Å²) in [6.07, 6.45) is 1.95. The van der Waals surface area contributed by atoms with E-state index in [2.05, 4.69) is 24.9 Å². The van der Waals surface area contributed by atoms with Gasteiger partial charge in [0, 0.05) is 23.9 Å². The van der Waals surface area contributed by atoms with Gasteiger partial charge in [0.15, 0.2) is 0 Å². The number of nitrogens with two attached hydrogens (primary N) is 1. The predicted octanol–water partition coefficient (Wildman–Crippen LogP) is 1.47. The Bertz CT molecular complexity index is 249. The van der Waals surface area contributed by atoms with Gasteiger partial charge in [0.1, 0.15) is 0 Å². The van der Waals surface area contributed by atoms with Crippen LogP contribution >= 0.6 is 0 Å². The highest BCUT2D eigenvalue weighted by Crippen LogP contribution is 2.56. The third-order valence-corrected chi connectivity index (χ3v) is 2.87. The zero-order valence-corrected chi connectivity index (χ0v) is 6.96. The molecule has 0 aliphatic heterocycles. The first kappa shape index (κ1) is 6.92. The van der Waals surface area contributed by atoms with Gasteiger partial charge in [0.25, 0.3) is 0 Å². The van der Waals surface area contributed by atoms with Crippen LogP contribution in [0, 0.1) is 5.41 Å². The van der Waals surface area contributed by atoms with E-state index in [1.165, 1.54) is 5.69 Å².